The number of fused-ring (bicyclic) bond motifs is 5. The number of benzene rings is 1. The molecule has 1 N–H and O–H groups in total. The number of furan rings is 1. The van der Waals surface area contributed by atoms with E-state index in [4.69, 9.17) is 4.42 Å². The molecule has 146 valence electrons. The van der Waals surface area contributed by atoms with Gasteiger partial charge >= 0.3 is 5.97 Å². The van der Waals surface area contributed by atoms with Gasteiger partial charge in [0.25, 0.3) is 0 Å². The molecule has 4 heteroatoms. The maximum Gasteiger partial charge on any atom is 0.335 e. The third kappa shape index (κ3) is 2.50. The largest absolute Gasteiger partial charge is 0.478 e. The van der Waals surface area contributed by atoms with E-state index in [0.29, 0.717) is 29.1 Å². The van der Waals surface area contributed by atoms with Crippen molar-refractivity contribution < 1.29 is 19.1 Å². The lowest BCUT2D eigenvalue weighted by Crippen LogP contribution is -2.44. The third-order valence-electron chi connectivity index (χ3n) is 8.05. The van der Waals surface area contributed by atoms with Gasteiger partial charge in [0.15, 0.2) is 5.76 Å². The number of carboxylic acids is 1. The summed E-state index contributed by atoms with van der Waals surface area (Å²) in [5.41, 5.74) is 3.00. The topological polar surface area (TPSA) is 67.5 Å². The minimum Gasteiger partial charge on any atom is -0.478 e. The predicted molar refractivity (Wildman–Crippen MR) is 105 cm³/mol. The van der Waals surface area contributed by atoms with Crippen molar-refractivity contribution in [2.45, 2.75) is 51.4 Å². The molecule has 0 bridgehead atoms. The Hall–Kier alpha value is -2.36. The molecule has 5 atom stereocenters. The predicted octanol–water partition coefficient (Wildman–Crippen LogP) is 5.33. The Kier molecular flexibility index (Phi) is 4.01. The Morgan fingerprint density at radius 3 is 2.75 bits per heavy atom. The Bertz CT molecular complexity index is 928. The van der Waals surface area contributed by atoms with Gasteiger partial charge in [-0.05, 0) is 97.1 Å². The van der Waals surface area contributed by atoms with Crippen molar-refractivity contribution in [1.82, 2.24) is 0 Å². The van der Waals surface area contributed by atoms with E-state index in [0.717, 1.165) is 38.5 Å². The van der Waals surface area contributed by atoms with E-state index in [-0.39, 0.29) is 17.1 Å². The second-order valence-corrected chi connectivity index (χ2v) is 9.15. The van der Waals surface area contributed by atoms with Gasteiger partial charge in [-0.3, -0.25) is 4.79 Å². The molecule has 0 saturated heterocycles. The van der Waals surface area contributed by atoms with Crippen molar-refractivity contribution in [3.63, 3.8) is 0 Å². The number of ketones is 1. The van der Waals surface area contributed by atoms with Crippen molar-refractivity contribution in [2.75, 3.05) is 0 Å². The van der Waals surface area contributed by atoms with E-state index < -0.39 is 5.97 Å². The smallest absolute Gasteiger partial charge is 0.335 e. The minimum absolute atomic E-state index is 0.0452. The second-order valence-electron chi connectivity index (χ2n) is 9.15. The number of hydrogen-bond acceptors (Lipinski definition) is 3. The molecule has 0 aliphatic heterocycles. The van der Waals surface area contributed by atoms with Crippen LogP contribution in [0.15, 0.2) is 41.0 Å². The van der Waals surface area contributed by atoms with Gasteiger partial charge in [0, 0.05) is 5.92 Å². The number of aromatic carboxylic acids is 1. The maximum atomic E-state index is 13.1. The average Bonchev–Trinajstić information content (AvgIpc) is 3.34. The van der Waals surface area contributed by atoms with Crippen LogP contribution in [0.2, 0.25) is 0 Å². The monoisotopic (exact) mass is 378 g/mol. The zero-order valence-corrected chi connectivity index (χ0v) is 16.2. The van der Waals surface area contributed by atoms with Crippen LogP contribution < -0.4 is 0 Å². The summed E-state index contributed by atoms with van der Waals surface area (Å²) in [5.74, 6) is 1.54. The fourth-order valence-corrected chi connectivity index (χ4v) is 6.74. The first-order chi connectivity index (χ1) is 13.5. The number of hydrogen-bond donors (Lipinski definition) is 1. The minimum atomic E-state index is -0.851. The number of aryl methyl sites for hydroxylation is 1. The quantitative estimate of drug-likeness (QED) is 0.733. The molecule has 4 nitrogen and oxygen atoms in total. The Morgan fingerprint density at radius 2 is 2.00 bits per heavy atom. The summed E-state index contributed by atoms with van der Waals surface area (Å²) in [7, 11) is 0. The molecule has 0 radical (unpaired) electrons. The van der Waals surface area contributed by atoms with Crippen molar-refractivity contribution >= 4 is 11.8 Å². The lowest BCUT2D eigenvalue weighted by atomic mass is 9.53. The van der Waals surface area contributed by atoms with Crippen LogP contribution in [-0.2, 0) is 6.42 Å². The molecule has 1 aromatic carbocycles. The Balaban J connectivity index is 1.44. The number of carboxylic acid groups (broad SMARTS) is 1. The van der Waals surface area contributed by atoms with Crippen LogP contribution in [0.4, 0.5) is 0 Å². The van der Waals surface area contributed by atoms with Gasteiger partial charge < -0.3 is 9.52 Å². The summed E-state index contributed by atoms with van der Waals surface area (Å²) in [6.45, 7) is 2.33. The van der Waals surface area contributed by atoms with E-state index in [9.17, 15) is 14.7 Å². The maximum absolute atomic E-state index is 13.1. The fourth-order valence-electron chi connectivity index (χ4n) is 6.74. The Morgan fingerprint density at radius 1 is 1.14 bits per heavy atom. The highest BCUT2D eigenvalue weighted by Crippen LogP contribution is 2.63. The van der Waals surface area contributed by atoms with Gasteiger partial charge in [-0.1, -0.05) is 13.0 Å². The molecule has 3 aliphatic carbocycles. The number of carbonyl (C=O) groups is 2. The first-order valence-electron chi connectivity index (χ1n) is 10.4. The van der Waals surface area contributed by atoms with Gasteiger partial charge in [0.1, 0.15) is 0 Å². The summed E-state index contributed by atoms with van der Waals surface area (Å²) in [6, 6.07) is 9.28. The number of Topliss-reactive ketones (excluding diaryl/α,β-unsaturated/α-hetero) is 1. The molecule has 0 spiro atoms. The molecule has 2 saturated carbocycles. The lowest BCUT2D eigenvalue weighted by Gasteiger charge is -2.50. The van der Waals surface area contributed by atoms with Crippen molar-refractivity contribution in [3.8, 4) is 0 Å². The first kappa shape index (κ1) is 17.7. The zero-order valence-electron chi connectivity index (χ0n) is 16.2. The van der Waals surface area contributed by atoms with Gasteiger partial charge in [0.2, 0.25) is 5.78 Å². The molecular formula is C24H26O4. The van der Waals surface area contributed by atoms with Crippen molar-refractivity contribution in [3.05, 3.63) is 59.0 Å². The van der Waals surface area contributed by atoms with Crippen LogP contribution >= 0.6 is 0 Å². The summed E-state index contributed by atoms with van der Waals surface area (Å²) in [5, 5.41) is 9.30. The first-order valence-corrected chi connectivity index (χ1v) is 10.4. The van der Waals surface area contributed by atoms with E-state index in [1.54, 1.807) is 24.5 Å². The molecule has 1 heterocycles. The molecule has 3 aliphatic rings. The second kappa shape index (κ2) is 6.33. The van der Waals surface area contributed by atoms with Crippen molar-refractivity contribution in [1.29, 1.82) is 0 Å². The number of carbonyl (C=O) groups excluding carboxylic acids is 1. The standard InChI is InChI=1S/C24H26O4/c1-24-11-10-17-16-6-5-15(23(26)27)13-14(16)4-7-18(17)19(24)8-9-20(24)22(25)21-3-2-12-28-21/h2-3,5-6,12-13,17-20H,4,7-11H2,1H3,(H,26,27)/t17-,18-,19+,20-,24+/m1/s1. The normalized spacial score (nSPS) is 33.6. The van der Waals surface area contributed by atoms with Crippen LogP contribution in [-0.4, -0.2) is 16.9 Å². The van der Waals surface area contributed by atoms with Crippen molar-refractivity contribution in [2.24, 2.45) is 23.2 Å². The van der Waals surface area contributed by atoms with E-state index in [2.05, 4.69) is 13.0 Å². The molecular weight excluding hydrogens is 352 g/mol. The molecule has 1 aromatic heterocycles. The summed E-state index contributed by atoms with van der Waals surface area (Å²) in [6.07, 6.45) is 7.83. The zero-order chi connectivity index (χ0) is 19.5. The van der Waals surface area contributed by atoms with Crippen LogP contribution in [0.3, 0.4) is 0 Å². The highest BCUT2D eigenvalue weighted by atomic mass is 16.4. The van der Waals surface area contributed by atoms with E-state index in [1.165, 1.54) is 11.1 Å². The Labute approximate surface area is 164 Å². The van der Waals surface area contributed by atoms with Crippen LogP contribution in [0.25, 0.3) is 0 Å². The summed E-state index contributed by atoms with van der Waals surface area (Å²) in [4.78, 5) is 24.4. The van der Waals surface area contributed by atoms with Crippen LogP contribution in [0.1, 0.15) is 77.0 Å². The summed E-state index contributed by atoms with van der Waals surface area (Å²) >= 11 is 0. The van der Waals surface area contributed by atoms with E-state index >= 15 is 0 Å². The number of rotatable bonds is 3. The molecule has 5 rings (SSSR count). The fraction of sp³-hybridized carbons (Fsp3) is 0.500. The average molecular weight is 378 g/mol. The van der Waals surface area contributed by atoms with E-state index in [1.807, 2.05) is 6.07 Å². The molecule has 28 heavy (non-hydrogen) atoms. The highest BCUT2D eigenvalue weighted by molar-refractivity contribution is 5.96. The van der Waals surface area contributed by atoms with Gasteiger partial charge in [-0.2, -0.15) is 0 Å². The molecule has 0 amide bonds. The van der Waals surface area contributed by atoms with Crippen LogP contribution in [0.5, 0.6) is 0 Å². The van der Waals surface area contributed by atoms with Gasteiger partial charge in [-0.15, -0.1) is 0 Å². The van der Waals surface area contributed by atoms with Crippen LogP contribution in [0, 0.1) is 23.2 Å². The van der Waals surface area contributed by atoms with Gasteiger partial charge in [-0.25, -0.2) is 4.79 Å². The van der Waals surface area contributed by atoms with Gasteiger partial charge in [0.05, 0.1) is 11.8 Å². The SMILES string of the molecule is C[C@]12CC[C@@H]3c4ccc(C(=O)O)cc4CC[C@H]3[C@@H]1CC[C@@H]2C(=O)c1ccco1. The summed E-state index contributed by atoms with van der Waals surface area (Å²) < 4.78 is 5.42. The lowest BCUT2D eigenvalue weighted by molar-refractivity contribution is 0.0265. The molecule has 2 aromatic rings. The molecule has 2 fully saturated rings. The third-order valence-corrected chi connectivity index (χ3v) is 8.05. The molecule has 0 unspecified atom stereocenters. The highest BCUT2D eigenvalue weighted by Gasteiger charge is 2.56.